The number of nitrogens with zero attached hydrogens (tertiary/aromatic N) is 2. The van der Waals surface area contributed by atoms with Crippen LogP contribution in [0.1, 0.15) is 24.0 Å². The average Bonchev–Trinajstić information content (AvgIpc) is 3.22. The van der Waals surface area contributed by atoms with Gasteiger partial charge in [0.2, 0.25) is 11.8 Å². The van der Waals surface area contributed by atoms with Gasteiger partial charge in [-0.1, -0.05) is 42.5 Å². The summed E-state index contributed by atoms with van der Waals surface area (Å²) < 4.78 is 11.3. The van der Waals surface area contributed by atoms with Crippen LogP contribution in [0.4, 0.5) is 0 Å². The minimum absolute atomic E-state index is 0.00703. The Kier molecular flexibility index (Phi) is 4.68. The minimum Gasteiger partial charge on any atom is -0.504 e. The maximum atomic E-state index is 10.2. The van der Waals surface area contributed by atoms with E-state index in [1.54, 1.807) is 18.2 Å². The predicted molar refractivity (Wildman–Crippen MR) is 120 cm³/mol. The van der Waals surface area contributed by atoms with E-state index in [0.29, 0.717) is 23.8 Å². The van der Waals surface area contributed by atoms with Crippen LogP contribution in [0.25, 0.3) is 22.0 Å². The summed E-state index contributed by atoms with van der Waals surface area (Å²) >= 11 is 0. The van der Waals surface area contributed by atoms with Gasteiger partial charge >= 0.3 is 0 Å². The van der Waals surface area contributed by atoms with Crippen molar-refractivity contribution in [2.24, 2.45) is 5.73 Å². The van der Waals surface area contributed by atoms with E-state index < -0.39 is 5.92 Å². The van der Waals surface area contributed by atoms with Gasteiger partial charge in [0.25, 0.3) is 0 Å². The molecule has 0 spiro atoms. The molecule has 0 bridgehead atoms. The molecule has 0 saturated heterocycles. The van der Waals surface area contributed by atoms with E-state index >= 15 is 0 Å². The van der Waals surface area contributed by atoms with Crippen LogP contribution in [0.3, 0.4) is 0 Å². The number of hydrogen-bond donors (Lipinski definition) is 3. The zero-order valence-electron chi connectivity index (χ0n) is 17.3. The number of aromatic hydroxyl groups is 1. The first-order valence-corrected chi connectivity index (χ1v) is 10.2. The minimum atomic E-state index is -0.538. The number of nitrogens with two attached hydrogens (primary N) is 1. The Morgan fingerprint density at radius 3 is 2.75 bits per heavy atom. The molecular weight excluding hydrogens is 404 g/mol. The van der Waals surface area contributed by atoms with Crippen LogP contribution in [0.2, 0.25) is 0 Å². The number of nitriles is 1. The standard InChI is InChI=1S/C25H20N4O3/c1-2-31-20-12-16(9-10-19(20)30)21-18(13-26)24(27)32-25-22(21)23(28-29-25)17-8-7-14-5-3-4-6-15(14)11-17/h3-12,21,30H,2,27H2,1H3,(H,28,29)/t21-/m0/s1. The number of aromatic nitrogens is 2. The van der Waals surface area contributed by atoms with Crippen molar-refractivity contribution in [3.05, 3.63) is 83.2 Å². The summed E-state index contributed by atoms with van der Waals surface area (Å²) in [5, 5.41) is 29.7. The third-order valence-electron chi connectivity index (χ3n) is 5.59. The molecule has 7 nitrogen and oxygen atoms in total. The van der Waals surface area contributed by atoms with Crippen LogP contribution in [-0.4, -0.2) is 21.9 Å². The monoisotopic (exact) mass is 424 g/mol. The summed E-state index contributed by atoms with van der Waals surface area (Å²) in [4.78, 5) is 0. The molecule has 3 aromatic carbocycles. The van der Waals surface area contributed by atoms with Crippen molar-refractivity contribution in [3.63, 3.8) is 0 Å². The second kappa shape index (κ2) is 7.67. The van der Waals surface area contributed by atoms with Crippen molar-refractivity contribution in [3.8, 4) is 34.7 Å². The fourth-order valence-electron chi connectivity index (χ4n) is 4.12. The molecule has 1 atom stereocenters. The van der Waals surface area contributed by atoms with E-state index in [1.807, 2.05) is 37.3 Å². The summed E-state index contributed by atoms with van der Waals surface area (Å²) in [6.45, 7) is 2.23. The van der Waals surface area contributed by atoms with Gasteiger partial charge in [0.05, 0.1) is 23.8 Å². The molecular formula is C25H20N4O3. The van der Waals surface area contributed by atoms with E-state index in [9.17, 15) is 10.4 Å². The molecule has 1 aromatic heterocycles. The summed E-state index contributed by atoms with van der Waals surface area (Å²) in [6, 6.07) is 21.4. The van der Waals surface area contributed by atoms with Crippen molar-refractivity contribution in [1.29, 1.82) is 5.26 Å². The number of fused-ring (bicyclic) bond motifs is 2. The highest BCUT2D eigenvalue weighted by Crippen LogP contribution is 2.47. The molecule has 2 heterocycles. The molecule has 1 aliphatic heterocycles. The Balaban J connectivity index is 1.71. The molecule has 7 heteroatoms. The predicted octanol–water partition coefficient (Wildman–Crippen LogP) is 4.55. The van der Waals surface area contributed by atoms with E-state index in [4.69, 9.17) is 15.2 Å². The maximum Gasteiger partial charge on any atom is 0.244 e. The number of phenols is 1. The van der Waals surface area contributed by atoms with Crippen molar-refractivity contribution < 1.29 is 14.6 Å². The second-order valence-electron chi connectivity index (χ2n) is 7.46. The third kappa shape index (κ3) is 3.10. The smallest absolute Gasteiger partial charge is 0.244 e. The lowest BCUT2D eigenvalue weighted by molar-refractivity contribution is 0.317. The van der Waals surface area contributed by atoms with Crippen molar-refractivity contribution >= 4 is 10.8 Å². The van der Waals surface area contributed by atoms with Gasteiger partial charge in [-0.15, -0.1) is 5.10 Å². The fourth-order valence-corrected chi connectivity index (χ4v) is 4.12. The Morgan fingerprint density at radius 1 is 1.16 bits per heavy atom. The molecule has 0 saturated carbocycles. The van der Waals surface area contributed by atoms with E-state index in [-0.39, 0.29) is 17.2 Å². The summed E-state index contributed by atoms with van der Waals surface area (Å²) in [6.07, 6.45) is 0. The van der Waals surface area contributed by atoms with E-state index in [1.165, 1.54) is 0 Å². The first-order valence-electron chi connectivity index (χ1n) is 10.2. The number of allylic oxidation sites excluding steroid dienone is 1. The molecule has 4 aromatic rings. The molecule has 1 aliphatic rings. The lowest BCUT2D eigenvalue weighted by Gasteiger charge is -2.24. The summed E-state index contributed by atoms with van der Waals surface area (Å²) in [5.74, 6) is 0.155. The molecule has 32 heavy (non-hydrogen) atoms. The van der Waals surface area contributed by atoms with Crippen LogP contribution in [0.15, 0.2) is 72.1 Å². The SMILES string of the molecule is CCOc1cc([C@H]2C(C#N)=C(N)Oc3n[nH]c(-c4ccc5ccccc5c4)c32)ccc1O. The molecule has 0 amide bonds. The number of ether oxygens (including phenoxy) is 2. The van der Waals surface area contributed by atoms with Crippen LogP contribution in [0.5, 0.6) is 17.4 Å². The Hall–Kier alpha value is -4.44. The average molecular weight is 424 g/mol. The number of hydrogen-bond acceptors (Lipinski definition) is 6. The van der Waals surface area contributed by atoms with Crippen molar-refractivity contribution in [2.45, 2.75) is 12.8 Å². The van der Waals surface area contributed by atoms with Crippen molar-refractivity contribution in [2.75, 3.05) is 6.61 Å². The van der Waals surface area contributed by atoms with E-state index in [2.05, 4.69) is 28.4 Å². The number of nitrogens with one attached hydrogen (secondary N) is 1. The van der Waals surface area contributed by atoms with E-state index in [0.717, 1.165) is 27.6 Å². The number of benzene rings is 3. The molecule has 0 radical (unpaired) electrons. The van der Waals surface area contributed by atoms with Crippen LogP contribution >= 0.6 is 0 Å². The Morgan fingerprint density at radius 2 is 1.97 bits per heavy atom. The van der Waals surface area contributed by atoms with Gasteiger partial charge in [0.1, 0.15) is 11.6 Å². The largest absolute Gasteiger partial charge is 0.504 e. The van der Waals surface area contributed by atoms with Crippen LogP contribution in [0, 0.1) is 11.3 Å². The zero-order chi connectivity index (χ0) is 22.2. The highest BCUT2D eigenvalue weighted by Gasteiger charge is 2.36. The Bertz CT molecular complexity index is 1410. The van der Waals surface area contributed by atoms with Crippen molar-refractivity contribution in [1.82, 2.24) is 10.2 Å². The maximum absolute atomic E-state index is 10.2. The molecule has 4 N–H and O–H groups in total. The van der Waals surface area contributed by atoms with Gasteiger partial charge < -0.3 is 20.3 Å². The van der Waals surface area contributed by atoms with Crippen LogP contribution < -0.4 is 15.2 Å². The van der Waals surface area contributed by atoms with Crippen LogP contribution in [-0.2, 0) is 0 Å². The highest BCUT2D eigenvalue weighted by atomic mass is 16.5. The van der Waals surface area contributed by atoms with Gasteiger partial charge in [0, 0.05) is 5.56 Å². The Labute approximate surface area is 184 Å². The lowest BCUT2D eigenvalue weighted by atomic mass is 9.82. The zero-order valence-corrected chi connectivity index (χ0v) is 17.3. The quantitative estimate of drug-likeness (QED) is 0.442. The first kappa shape index (κ1) is 19.5. The second-order valence-corrected chi connectivity index (χ2v) is 7.46. The van der Waals surface area contributed by atoms with Gasteiger partial charge in [-0.05, 0) is 41.5 Å². The molecule has 0 fully saturated rings. The highest BCUT2D eigenvalue weighted by molar-refractivity contribution is 5.87. The normalized spacial score (nSPS) is 15.2. The third-order valence-corrected chi connectivity index (χ3v) is 5.59. The fraction of sp³-hybridized carbons (Fsp3) is 0.120. The van der Waals surface area contributed by atoms with Gasteiger partial charge in [-0.2, -0.15) is 5.26 Å². The van der Waals surface area contributed by atoms with Gasteiger partial charge in [-0.3, -0.25) is 5.10 Å². The molecule has 0 unspecified atom stereocenters. The topological polar surface area (TPSA) is 117 Å². The van der Waals surface area contributed by atoms with Gasteiger partial charge in [-0.25, -0.2) is 0 Å². The molecule has 5 rings (SSSR count). The molecule has 158 valence electrons. The lowest BCUT2D eigenvalue weighted by Crippen LogP contribution is -2.21. The molecule has 0 aliphatic carbocycles. The van der Waals surface area contributed by atoms with Gasteiger partial charge in [0.15, 0.2) is 11.5 Å². The number of aromatic amines is 1. The number of phenolic OH excluding ortho intramolecular Hbond substituents is 1. The summed E-state index contributed by atoms with van der Waals surface area (Å²) in [7, 11) is 0. The first-order chi connectivity index (χ1) is 15.6. The summed E-state index contributed by atoms with van der Waals surface area (Å²) in [5.41, 5.74) is 9.44. The number of H-pyrrole nitrogens is 1. The number of rotatable bonds is 4.